The Morgan fingerprint density at radius 3 is 2.18 bits per heavy atom. The summed E-state index contributed by atoms with van der Waals surface area (Å²) in [5.74, 6) is -13.6. The molecule has 39 heavy (non-hydrogen) atoms. The van der Waals surface area contributed by atoms with E-state index in [-0.39, 0.29) is 10.6 Å². The van der Waals surface area contributed by atoms with Crippen molar-refractivity contribution in [3.05, 3.63) is 76.9 Å². The minimum Gasteiger partial charge on any atom is -0.382 e. The van der Waals surface area contributed by atoms with Crippen molar-refractivity contribution in [2.24, 2.45) is 0 Å². The predicted octanol–water partition coefficient (Wildman–Crippen LogP) is 2.31. The molecule has 4 rings (SSSR count). The Hall–Kier alpha value is -4.32. The Labute approximate surface area is 211 Å². The molecule has 0 fully saturated rings. The van der Waals surface area contributed by atoms with Crippen LogP contribution in [0.4, 0.5) is 42.2 Å². The highest BCUT2D eigenvalue weighted by atomic mass is 19.4. The molecule has 0 saturated heterocycles. The van der Waals surface area contributed by atoms with E-state index in [0.717, 1.165) is 0 Å². The molecule has 2 aromatic heterocycles. The summed E-state index contributed by atoms with van der Waals surface area (Å²) in [4.78, 5) is 19.0. The summed E-state index contributed by atoms with van der Waals surface area (Å²) in [6.45, 7) is 0. The van der Waals surface area contributed by atoms with Gasteiger partial charge in [-0.2, -0.15) is 13.2 Å². The van der Waals surface area contributed by atoms with Crippen LogP contribution in [0.15, 0.2) is 36.5 Å². The van der Waals surface area contributed by atoms with Gasteiger partial charge in [-0.3, -0.25) is 9.20 Å². The number of nitrogens with zero attached hydrogens (tertiary/aromatic N) is 3. The van der Waals surface area contributed by atoms with Crippen LogP contribution in [0, 0.1) is 23.3 Å². The summed E-state index contributed by atoms with van der Waals surface area (Å²) < 4.78 is 97.4. The molecule has 0 aliphatic rings. The Morgan fingerprint density at radius 1 is 1.00 bits per heavy atom. The summed E-state index contributed by atoms with van der Waals surface area (Å²) >= 11 is 0. The van der Waals surface area contributed by atoms with Crippen LogP contribution in [0.25, 0.3) is 16.8 Å². The zero-order valence-electron chi connectivity index (χ0n) is 18.8. The lowest BCUT2D eigenvalue weighted by Gasteiger charge is -2.16. The number of imidazole rings is 1. The summed E-state index contributed by atoms with van der Waals surface area (Å²) in [7, 11) is 0. The lowest BCUT2D eigenvalue weighted by atomic mass is 10.1. The number of alkyl halides is 3. The molecule has 4 aromatic rings. The fourth-order valence-corrected chi connectivity index (χ4v) is 3.67. The molecular formula is C22H14F7N5O5. The van der Waals surface area contributed by atoms with Crippen molar-refractivity contribution >= 4 is 22.9 Å². The standard InChI is InChI=1S/C22H14F7N5O5/c23-8-3-7(4-9(24)5-8)17(35)19(36)32-11-2-1-10(13(25)14(11)26)15-16-18(30)31-6-12(21(27,28)29)34(16)20(33-15)22(37,38)39/h1-6,17,35,37-39H,(H2,30,31)(H,32,36). The van der Waals surface area contributed by atoms with Crippen LogP contribution in [-0.2, 0) is 16.9 Å². The van der Waals surface area contributed by atoms with E-state index in [9.17, 15) is 51.6 Å². The van der Waals surface area contributed by atoms with Gasteiger partial charge in [-0.15, -0.1) is 0 Å². The van der Waals surface area contributed by atoms with E-state index in [1.807, 2.05) is 0 Å². The third-order valence-corrected chi connectivity index (χ3v) is 5.32. The van der Waals surface area contributed by atoms with E-state index in [1.165, 1.54) is 0 Å². The first-order valence-electron chi connectivity index (χ1n) is 10.4. The molecule has 0 spiro atoms. The number of aromatic nitrogens is 3. The van der Waals surface area contributed by atoms with Gasteiger partial charge in [0.25, 0.3) is 5.91 Å². The number of rotatable bonds is 5. The van der Waals surface area contributed by atoms with Crippen LogP contribution in [-0.4, -0.2) is 40.7 Å². The predicted molar refractivity (Wildman–Crippen MR) is 116 cm³/mol. The molecule has 0 aliphatic carbocycles. The first kappa shape index (κ1) is 27.7. The number of hydrogen-bond donors (Lipinski definition) is 6. The van der Waals surface area contributed by atoms with Gasteiger partial charge in [0, 0.05) is 11.6 Å². The maximum absolute atomic E-state index is 15.1. The van der Waals surface area contributed by atoms with E-state index < -0.39 is 92.8 Å². The van der Waals surface area contributed by atoms with Gasteiger partial charge in [-0.1, -0.05) is 0 Å². The van der Waals surface area contributed by atoms with E-state index in [1.54, 1.807) is 5.32 Å². The van der Waals surface area contributed by atoms with Gasteiger partial charge in [0.15, 0.2) is 17.7 Å². The quantitative estimate of drug-likeness (QED) is 0.160. The molecule has 10 nitrogen and oxygen atoms in total. The Bertz CT molecular complexity index is 1600. The van der Waals surface area contributed by atoms with Crippen LogP contribution < -0.4 is 11.1 Å². The number of hydrogen-bond acceptors (Lipinski definition) is 8. The van der Waals surface area contributed by atoms with Gasteiger partial charge in [0.1, 0.15) is 34.4 Å². The van der Waals surface area contributed by atoms with Crippen LogP contribution >= 0.6 is 0 Å². The van der Waals surface area contributed by atoms with Crippen molar-refractivity contribution in [3.63, 3.8) is 0 Å². The largest absolute Gasteiger partial charge is 0.433 e. The maximum atomic E-state index is 15.1. The van der Waals surface area contributed by atoms with Gasteiger partial charge >= 0.3 is 12.1 Å². The Kier molecular flexibility index (Phi) is 6.72. The third-order valence-electron chi connectivity index (χ3n) is 5.32. The Balaban J connectivity index is 1.81. The molecule has 0 saturated carbocycles. The lowest BCUT2D eigenvalue weighted by Crippen LogP contribution is -2.29. The highest BCUT2D eigenvalue weighted by Crippen LogP contribution is 2.39. The summed E-state index contributed by atoms with van der Waals surface area (Å²) in [5, 5.41) is 40.6. The number of nitrogens with two attached hydrogens (primary N) is 1. The molecule has 17 heteroatoms. The summed E-state index contributed by atoms with van der Waals surface area (Å²) in [6, 6.07) is 3.08. The van der Waals surface area contributed by atoms with Crippen LogP contribution in [0.2, 0.25) is 0 Å². The third kappa shape index (κ3) is 5.07. The van der Waals surface area contributed by atoms with Gasteiger partial charge in [0.05, 0.1) is 11.9 Å². The first-order chi connectivity index (χ1) is 18.0. The van der Waals surface area contributed by atoms with Crippen molar-refractivity contribution in [1.29, 1.82) is 0 Å². The fraction of sp³-hybridized carbons (Fsp3) is 0.136. The normalized spacial score (nSPS) is 13.1. The molecule has 2 heterocycles. The zero-order valence-corrected chi connectivity index (χ0v) is 18.8. The number of anilines is 2. The highest BCUT2D eigenvalue weighted by Gasteiger charge is 2.40. The molecule has 1 unspecified atom stereocenters. The molecular weight excluding hydrogens is 547 g/mol. The van der Waals surface area contributed by atoms with Crippen LogP contribution in [0.3, 0.4) is 0 Å². The van der Waals surface area contributed by atoms with E-state index in [2.05, 4.69) is 9.97 Å². The molecule has 0 radical (unpaired) electrons. The monoisotopic (exact) mass is 561 g/mol. The number of nitrogen functional groups attached to an aromatic ring is 1. The SMILES string of the molecule is Nc1ncc(C(F)(F)F)n2c(C(O)(O)O)nc(-c3ccc(NC(=O)C(O)c4cc(F)cc(F)c4)c(F)c3F)c12. The maximum Gasteiger partial charge on any atom is 0.433 e. The van der Waals surface area contributed by atoms with E-state index in [4.69, 9.17) is 5.73 Å². The van der Waals surface area contributed by atoms with Gasteiger partial charge in [-0.05, 0) is 29.8 Å². The number of carbonyl (C=O) groups is 1. The molecule has 1 amide bonds. The van der Waals surface area contributed by atoms with Crippen molar-refractivity contribution in [2.45, 2.75) is 18.3 Å². The highest BCUT2D eigenvalue weighted by molar-refractivity contribution is 5.95. The molecule has 0 bridgehead atoms. The average Bonchev–Trinajstić information content (AvgIpc) is 3.22. The molecule has 1 atom stereocenters. The van der Waals surface area contributed by atoms with Crippen molar-refractivity contribution in [2.75, 3.05) is 11.1 Å². The minimum absolute atomic E-state index is 0.0564. The zero-order chi connectivity index (χ0) is 29.0. The average molecular weight is 561 g/mol. The van der Waals surface area contributed by atoms with Crippen LogP contribution in [0.1, 0.15) is 23.2 Å². The minimum atomic E-state index is -5.22. The van der Waals surface area contributed by atoms with E-state index >= 15 is 4.39 Å². The topological polar surface area (TPSA) is 166 Å². The van der Waals surface area contributed by atoms with Crippen molar-refractivity contribution in [3.8, 4) is 11.3 Å². The molecule has 2 aromatic carbocycles. The van der Waals surface area contributed by atoms with Crippen LogP contribution in [0.5, 0.6) is 0 Å². The summed E-state index contributed by atoms with van der Waals surface area (Å²) in [5.41, 5.74) is -0.277. The van der Waals surface area contributed by atoms with Gasteiger partial charge < -0.3 is 31.5 Å². The summed E-state index contributed by atoms with van der Waals surface area (Å²) in [6.07, 6.45) is -7.27. The lowest BCUT2D eigenvalue weighted by molar-refractivity contribution is -0.329. The second-order valence-corrected chi connectivity index (χ2v) is 8.01. The smallest absolute Gasteiger partial charge is 0.382 e. The number of aliphatic hydroxyl groups is 4. The molecule has 7 N–H and O–H groups in total. The Morgan fingerprint density at radius 2 is 1.62 bits per heavy atom. The fourth-order valence-electron chi connectivity index (χ4n) is 3.67. The van der Waals surface area contributed by atoms with Gasteiger partial charge in [-0.25, -0.2) is 27.5 Å². The second kappa shape index (κ2) is 9.45. The number of nitrogens with one attached hydrogen (secondary N) is 1. The molecule has 0 aliphatic heterocycles. The van der Waals surface area contributed by atoms with Crippen molar-refractivity contribution < 1.29 is 56.0 Å². The first-order valence-corrected chi connectivity index (χ1v) is 10.4. The number of halogens is 7. The number of amides is 1. The number of benzene rings is 2. The number of aliphatic hydroxyl groups excluding tert-OH is 1. The molecule has 206 valence electrons. The van der Waals surface area contributed by atoms with E-state index in [0.29, 0.717) is 30.3 Å². The second-order valence-electron chi connectivity index (χ2n) is 8.01. The van der Waals surface area contributed by atoms with Crippen molar-refractivity contribution in [1.82, 2.24) is 14.4 Å². The van der Waals surface area contributed by atoms with Gasteiger partial charge in [0.2, 0.25) is 5.82 Å². The number of carbonyl (C=O) groups excluding carboxylic acids is 1. The number of fused-ring (bicyclic) bond motifs is 1.